The highest BCUT2D eigenvalue weighted by Gasteiger charge is 2.16. The van der Waals surface area contributed by atoms with Crippen LogP contribution in [0.3, 0.4) is 0 Å². The Labute approximate surface area is 227 Å². The van der Waals surface area contributed by atoms with E-state index in [1.54, 1.807) is 32.0 Å². The van der Waals surface area contributed by atoms with Gasteiger partial charge in [0.1, 0.15) is 0 Å². The normalized spacial score (nSPS) is 11.2. The lowest BCUT2D eigenvalue weighted by molar-refractivity contribution is -0.119. The molecule has 8 nitrogen and oxygen atoms in total. The van der Waals surface area contributed by atoms with Gasteiger partial charge in [-0.1, -0.05) is 71.1 Å². The first kappa shape index (κ1) is 30.6. The molecule has 1 aromatic heterocycles. The number of carbonyl (C=O) groups excluding carboxylic acids is 1. The van der Waals surface area contributed by atoms with E-state index in [1.165, 1.54) is 63.5 Å². The highest BCUT2D eigenvalue weighted by atomic mass is 32.2. The van der Waals surface area contributed by atoms with Crippen LogP contribution in [-0.4, -0.2) is 29.4 Å². The summed E-state index contributed by atoms with van der Waals surface area (Å²) in [5.41, 5.74) is 1.91. The average molecular weight is 548 g/mol. The van der Waals surface area contributed by atoms with E-state index in [0.717, 1.165) is 19.3 Å². The molecule has 0 spiro atoms. The molecule has 1 amide bonds. The van der Waals surface area contributed by atoms with Gasteiger partial charge < -0.3 is 10.6 Å². The van der Waals surface area contributed by atoms with Crippen molar-refractivity contribution in [3.8, 4) is 0 Å². The maximum atomic E-state index is 12.7. The van der Waals surface area contributed by atoms with Crippen molar-refractivity contribution in [3.05, 3.63) is 41.7 Å². The molecule has 3 N–H and O–H groups in total. The molecule has 0 aliphatic heterocycles. The van der Waals surface area contributed by atoms with Gasteiger partial charge in [0.15, 0.2) is 5.11 Å². The SMILES string of the molecule is CCCCCCCCCCCCCC(=O)NC(=S)Nc1ccc(S(=O)(=O)Nc2nc(C)cc(C)n2)cc1. The van der Waals surface area contributed by atoms with Crippen molar-refractivity contribution in [2.24, 2.45) is 0 Å². The minimum absolute atomic E-state index is 0.0291. The van der Waals surface area contributed by atoms with E-state index in [4.69, 9.17) is 12.2 Å². The van der Waals surface area contributed by atoms with Gasteiger partial charge in [-0.05, 0) is 62.8 Å². The number of anilines is 2. The molecule has 10 heteroatoms. The number of aryl methyl sites for hydroxylation is 2. The van der Waals surface area contributed by atoms with E-state index < -0.39 is 10.0 Å². The van der Waals surface area contributed by atoms with Crippen LogP contribution in [0.5, 0.6) is 0 Å². The predicted molar refractivity (Wildman–Crippen MR) is 154 cm³/mol. The van der Waals surface area contributed by atoms with Gasteiger partial charge in [0.05, 0.1) is 4.90 Å². The van der Waals surface area contributed by atoms with E-state index in [2.05, 4.69) is 32.2 Å². The van der Waals surface area contributed by atoms with E-state index in [0.29, 0.717) is 23.5 Å². The number of carbonyl (C=O) groups is 1. The molecule has 2 aromatic rings. The third-order valence-corrected chi connectivity index (χ3v) is 7.44. The Morgan fingerprint density at radius 3 is 1.89 bits per heavy atom. The van der Waals surface area contributed by atoms with Crippen LogP contribution in [0.2, 0.25) is 0 Å². The fraction of sp³-hybridized carbons (Fsp3) is 0.556. The molecule has 0 saturated carbocycles. The van der Waals surface area contributed by atoms with Gasteiger partial charge >= 0.3 is 0 Å². The highest BCUT2D eigenvalue weighted by Crippen LogP contribution is 2.17. The average Bonchev–Trinajstić information content (AvgIpc) is 2.82. The Kier molecular flexibility index (Phi) is 13.5. The number of nitrogens with zero attached hydrogens (tertiary/aromatic N) is 2. The number of benzene rings is 1. The summed E-state index contributed by atoms with van der Waals surface area (Å²) >= 11 is 5.23. The topological polar surface area (TPSA) is 113 Å². The van der Waals surface area contributed by atoms with Crippen molar-refractivity contribution in [1.29, 1.82) is 0 Å². The quantitative estimate of drug-likeness (QED) is 0.164. The fourth-order valence-corrected chi connectivity index (χ4v) is 5.14. The van der Waals surface area contributed by atoms with Gasteiger partial charge in [-0.15, -0.1) is 0 Å². The van der Waals surface area contributed by atoms with Crippen LogP contribution in [-0.2, 0) is 14.8 Å². The first-order valence-electron chi connectivity index (χ1n) is 13.3. The molecule has 0 bridgehead atoms. The fourth-order valence-electron chi connectivity index (χ4n) is 3.97. The van der Waals surface area contributed by atoms with E-state index in [9.17, 15) is 13.2 Å². The van der Waals surface area contributed by atoms with Crippen LogP contribution in [0.1, 0.15) is 95.4 Å². The summed E-state index contributed by atoms with van der Waals surface area (Å²) in [4.78, 5) is 20.5. The van der Waals surface area contributed by atoms with Gasteiger partial charge in [0, 0.05) is 23.5 Å². The minimum Gasteiger partial charge on any atom is -0.332 e. The highest BCUT2D eigenvalue weighted by molar-refractivity contribution is 7.92. The molecule has 1 heterocycles. The third kappa shape index (κ3) is 12.5. The summed E-state index contributed by atoms with van der Waals surface area (Å²) in [6.45, 7) is 5.78. The predicted octanol–water partition coefficient (Wildman–Crippen LogP) is 6.41. The smallest absolute Gasteiger partial charge is 0.264 e. The number of unbranched alkanes of at least 4 members (excludes halogenated alkanes) is 10. The van der Waals surface area contributed by atoms with Gasteiger partial charge in [0.25, 0.3) is 10.0 Å². The van der Waals surface area contributed by atoms with Gasteiger partial charge in [-0.3, -0.25) is 4.79 Å². The lowest BCUT2D eigenvalue weighted by atomic mass is 10.1. The number of amides is 1. The second kappa shape index (κ2) is 16.3. The van der Waals surface area contributed by atoms with Crippen LogP contribution < -0.4 is 15.4 Å². The van der Waals surface area contributed by atoms with Crippen LogP contribution >= 0.6 is 12.2 Å². The third-order valence-electron chi connectivity index (χ3n) is 5.89. The molecule has 1 aromatic carbocycles. The first-order chi connectivity index (χ1) is 17.7. The lowest BCUT2D eigenvalue weighted by Crippen LogP contribution is -2.33. The van der Waals surface area contributed by atoms with Crippen molar-refractivity contribution in [3.63, 3.8) is 0 Å². The molecule has 204 valence electrons. The maximum absolute atomic E-state index is 12.7. The Morgan fingerprint density at radius 1 is 0.838 bits per heavy atom. The Balaban J connectivity index is 1.66. The molecular formula is C27H41N5O3S2. The van der Waals surface area contributed by atoms with Gasteiger partial charge in [-0.25, -0.2) is 23.1 Å². The van der Waals surface area contributed by atoms with Crippen molar-refractivity contribution < 1.29 is 13.2 Å². The minimum atomic E-state index is -3.84. The summed E-state index contributed by atoms with van der Waals surface area (Å²) in [5.74, 6) is -0.0910. The van der Waals surface area contributed by atoms with Crippen LogP contribution in [0.15, 0.2) is 35.2 Å². The standard InChI is InChI=1S/C27H41N5O3S2/c1-4-5-6-7-8-9-10-11-12-13-14-15-25(33)31-27(36)30-23-16-18-24(19-17-23)37(34,35)32-26-28-21(2)20-22(3)29-26/h16-20H,4-15H2,1-3H3,(H,28,29,32)(H2,30,31,33,36). The molecular weight excluding hydrogens is 506 g/mol. The summed E-state index contributed by atoms with van der Waals surface area (Å²) in [6, 6.07) is 7.82. The molecule has 0 aliphatic carbocycles. The number of hydrogen-bond donors (Lipinski definition) is 3. The Hall–Kier alpha value is -2.59. The number of nitrogens with one attached hydrogen (secondary N) is 3. The molecule has 0 aliphatic rings. The number of rotatable bonds is 16. The number of thiocarbonyl (C=S) groups is 1. The summed E-state index contributed by atoms with van der Waals surface area (Å²) in [5, 5.41) is 5.79. The van der Waals surface area contributed by atoms with Gasteiger partial charge in [0.2, 0.25) is 11.9 Å². The molecule has 0 fully saturated rings. The molecule has 0 saturated heterocycles. The van der Waals surface area contributed by atoms with Crippen molar-refractivity contribution in [2.45, 2.75) is 103 Å². The molecule has 0 atom stereocenters. The Morgan fingerprint density at radius 2 is 1.35 bits per heavy atom. The largest absolute Gasteiger partial charge is 0.332 e. The zero-order valence-electron chi connectivity index (χ0n) is 22.3. The second-order valence-electron chi connectivity index (χ2n) is 9.39. The molecule has 2 rings (SSSR count). The molecule has 0 radical (unpaired) electrons. The van der Waals surface area contributed by atoms with E-state index >= 15 is 0 Å². The molecule has 37 heavy (non-hydrogen) atoms. The van der Waals surface area contributed by atoms with E-state index in [-0.39, 0.29) is 21.9 Å². The van der Waals surface area contributed by atoms with Crippen LogP contribution in [0, 0.1) is 13.8 Å². The van der Waals surface area contributed by atoms with Gasteiger partial charge in [-0.2, -0.15) is 0 Å². The van der Waals surface area contributed by atoms with Crippen molar-refractivity contribution >= 4 is 44.9 Å². The zero-order chi connectivity index (χ0) is 27.1. The van der Waals surface area contributed by atoms with Crippen molar-refractivity contribution in [1.82, 2.24) is 15.3 Å². The van der Waals surface area contributed by atoms with Crippen LogP contribution in [0.4, 0.5) is 11.6 Å². The monoisotopic (exact) mass is 547 g/mol. The Bertz CT molecular complexity index is 1090. The van der Waals surface area contributed by atoms with Crippen molar-refractivity contribution in [2.75, 3.05) is 10.0 Å². The summed E-state index contributed by atoms with van der Waals surface area (Å²) in [6.07, 6.45) is 14.0. The second-order valence-corrected chi connectivity index (χ2v) is 11.5. The lowest BCUT2D eigenvalue weighted by Gasteiger charge is -2.11. The zero-order valence-corrected chi connectivity index (χ0v) is 23.9. The molecule has 0 unspecified atom stereocenters. The number of aromatic nitrogens is 2. The van der Waals surface area contributed by atoms with E-state index in [1.807, 2.05) is 0 Å². The van der Waals surface area contributed by atoms with Crippen LogP contribution in [0.25, 0.3) is 0 Å². The summed E-state index contributed by atoms with van der Waals surface area (Å²) < 4.78 is 27.7. The maximum Gasteiger partial charge on any atom is 0.264 e. The number of hydrogen-bond acceptors (Lipinski definition) is 6. The summed E-state index contributed by atoms with van der Waals surface area (Å²) in [7, 11) is -3.84. The first-order valence-corrected chi connectivity index (χ1v) is 15.1. The number of sulfonamides is 1.